The second-order valence-electron chi connectivity index (χ2n) is 5.26. The third-order valence-corrected chi connectivity index (χ3v) is 3.32. The molecule has 1 aromatic carbocycles. The van der Waals surface area contributed by atoms with E-state index in [0.717, 1.165) is 5.56 Å². The second kappa shape index (κ2) is 10.0. The fraction of sp³-hybridized carbons (Fsp3) is 0.294. The third-order valence-electron chi connectivity index (χ3n) is 3.32. The predicted molar refractivity (Wildman–Crippen MR) is 105 cm³/mol. The van der Waals surface area contributed by atoms with E-state index in [4.69, 9.17) is 10.2 Å². The lowest BCUT2D eigenvalue weighted by molar-refractivity contribution is 0.0972. The van der Waals surface area contributed by atoms with Crippen molar-refractivity contribution in [3.8, 4) is 0 Å². The number of hydrogen-bond donors (Lipinski definition) is 3. The van der Waals surface area contributed by atoms with Crippen molar-refractivity contribution in [3.63, 3.8) is 0 Å². The number of carbonyl (C=O) groups is 1. The first-order valence-corrected chi connectivity index (χ1v) is 7.65. The molecule has 0 saturated carbocycles. The minimum absolute atomic E-state index is 0. The number of aliphatic imine (C=N–C) groups is 1. The molecule has 2 aromatic rings. The van der Waals surface area contributed by atoms with Crippen LogP contribution in [0.25, 0.3) is 0 Å². The normalized spacial score (nSPS) is 10.9. The topological polar surface area (TPSA) is 92.6 Å². The number of nitrogens with two attached hydrogens (primary N) is 1. The zero-order valence-corrected chi connectivity index (χ0v) is 16.5. The molecule has 0 atom stereocenters. The van der Waals surface area contributed by atoms with E-state index in [0.29, 0.717) is 36.9 Å². The Balaban J connectivity index is 0.00000312. The molecule has 25 heavy (non-hydrogen) atoms. The standard InChI is InChI=1S/C17H21FN4O2.HI/c1-3-20-17(21-9-12-4-6-14(18)11(2)8-12)22-10-13-5-7-15(24-13)16(19)23;/h4-8H,3,9-10H2,1-2H3,(H2,19,23)(H2,20,21,22);1H. The van der Waals surface area contributed by atoms with Gasteiger partial charge in [0.25, 0.3) is 5.91 Å². The Labute approximate surface area is 163 Å². The average molecular weight is 460 g/mol. The molecule has 136 valence electrons. The van der Waals surface area contributed by atoms with Gasteiger partial charge in [-0.1, -0.05) is 12.1 Å². The molecule has 8 heteroatoms. The maximum atomic E-state index is 13.3. The molecule has 1 aromatic heterocycles. The van der Waals surface area contributed by atoms with E-state index in [1.165, 1.54) is 12.1 Å². The van der Waals surface area contributed by atoms with Gasteiger partial charge in [-0.25, -0.2) is 9.38 Å². The van der Waals surface area contributed by atoms with E-state index >= 15 is 0 Å². The number of primary amides is 1. The summed E-state index contributed by atoms with van der Waals surface area (Å²) >= 11 is 0. The van der Waals surface area contributed by atoms with Crippen LogP contribution in [0.3, 0.4) is 0 Å². The maximum absolute atomic E-state index is 13.3. The van der Waals surface area contributed by atoms with Gasteiger partial charge in [-0.05, 0) is 43.2 Å². The summed E-state index contributed by atoms with van der Waals surface area (Å²) in [5.41, 5.74) is 6.66. The molecule has 1 amide bonds. The number of halogens is 2. The van der Waals surface area contributed by atoms with E-state index < -0.39 is 5.91 Å². The van der Waals surface area contributed by atoms with Gasteiger partial charge < -0.3 is 20.8 Å². The quantitative estimate of drug-likeness (QED) is 0.351. The Hall–Kier alpha value is -2.10. The second-order valence-corrected chi connectivity index (χ2v) is 5.26. The number of furan rings is 1. The van der Waals surface area contributed by atoms with Crippen molar-refractivity contribution in [1.29, 1.82) is 0 Å². The maximum Gasteiger partial charge on any atom is 0.284 e. The number of rotatable bonds is 6. The number of amides is 1. The van der Waals surface area contributed by atoms with Crippen LogP contribution in [0.2, 0.25) is 0 Å². The third kappa shape index (κ3) is 6.37. The lowest BCUT2D eigenvalue weighted by atomic mass is 10.1. The number of nitrogens with zero attached hydrogens (tertiary/aromatic N) is 1. The van der Waals surface area contributed by atoms with Crippen molar-refractivity contribution in [2.75, 3.05) is 6.54 Å². The van der Waals surface area contributed by atoms with E-state index in [1.807, 2.05) is 6.92 Å². The minimum Gasteiger partial charge on any atom is -0.454 e. The largest absolute Gasteiger partial charge is 0.454 e. The number of guanidine groups is 1. The highest BCUT2D eigenvalue weighted by atomic mass is 127. The summed E-state index contributed by atoms with van der Waals surface area (Å²) in [6.07, 6.45) is 0. The highest BCUT2D eigenvalue weighted by Gasteiger charge is 2.07. The molecule has 0 unspecified atom stereocenters. The molecule has 0 radical (unpaired) electrons. The average Bonchev–Trinajstić information content (AvgIpc) is 3.02. The van der Waals surface area contributed by atoms with Crippen LogP contribution in [-0.4, -0.2) is 18.4 Å². The molecule has 0 aliphatic rings. The van der Waals surface area contributed by atoms with Crippen LogP contribution in [0.5, 0.6) is 0 Å². The lowest BCUT2D eigenvalue weighted by Crippen LogP contribution is -2.36. The van der Waals surface area contributed by atoms with Crippen molar-refractivity contribution in [3.05, 3.63) is 58.8 Å². The first kappa shape index (κ1) is 20.9. The monoisotopic (exact) mass is 460 g/mol. The Morgan fingerprint density at radius 3 is 2.64 bits per heavy atom. The zero-order valence-electron chi connectivity index (χ0n) is 14.1. The van der Waals surface area contributed by atoms with Gasteiger partial charge in [-0.3, -0.25) is 4.79 Å². The minimum atomic E-state index is -0.603. The summed E-state index contributed by atoms with van der Waals surface area (Å²) in [6.45, 7) is 5.15. The molecule has 0 spiro atoms. The number of benzene rings is 1. The number of carbonyl (C=O) groups excluding carboxylic acids is 1. The summed E-state index contributed by atoms with van der Waals surface area (Å²) in [4.78, 5) is 15.5. The van der Waals surface area contributed by atoms with Crippen LogP contribution >= 0.6 is 24.0 Å². The molecule has 0 fully saturated rings. The molecule has 0 aliphatic carbocycles. The SMILES string of the molecule is CCNC(=NCc1ccc(F)c(C)c1)NCc1ccc(C(N)=O)o1.I. The van der Waals surface area contributed by atoms with Crippen LogP contribution in [0, 0.1) is 12.7 Å². The molecule has 0 saturated heterocycles. The Bertz CT molecular complexity index is 746. The van der Waals surface area contributed by atoms with Gasteiger partial charge in [0.1, 0.15) is 11.6 Å². The summed E-state index contributed by atoms with van der Waals surface area (Å²) in [7, 11) is 0. The Kier molecular flexibility index (Phi) is 8.39. The van der Waals surface area contributed by atoms with Gasteiger partial charge >= 0.3 is 0 Å². The molecule has 2 rings (SSSR count). The Morgan fingerprint density at radius 2 is 2.04 bits per heavy atom. The van der Waals surface area contributed by atoms with Gasteiger partial charge in [-0.2, -0.15) is 0 Å². The van der Waals surface area contributed by atoms with Crippen LogP contribution in [0.1, 0.15) is 34.4 Å². The molecular formula is C17H22FIN4O2. The van der Waals surface area contributed by atoms with E-state index in [-0.39, 0.29) is 35.6 Å². The summed E-state index contributed by atoms with van der Waals surface area (Å²) in [5, 5.41) is 6.21. The molecule has 0 aliphatic heterocycles. The zero-order chi connectivity index (χ0) is 17.5. The first-order valence-electron chi connectivity index (χ1n) is 7.65. The fourth-order valence-corrected chi connectivity index (χ4v) is 2.09. The summed E-state index contributed by atoms with van der Waals surface area (Å²) in [5.74, 6) is 0.461. The van der Waals surface area contributed by atoms with Gasteiger partial charge in [0.2, 0.25) is 0 Å². The van der Waals surface area contributed by atoms with Crippen molar-refractivity contribution in [1.82, 2.24) is 10.6 Å². The molecule has 4 N–H and O–H groups in total. The highest BCUT2D eigenvalue weighted by Crippen LogP contribution is 2.10. The van der Waals surface area contributed by atoms with Crippen LogP contribution in [0.15, 0.2) is 39.7 Å². The summed E-state index contributed by atoms with van der Waals surface area (Å²) < 4.78 is 18.6. The van der Waals surface area contributed by atoms with Gasteiger partial charge in [0.05, 0.1) is 13.1 Å². The van der Waals surface area contributed by atoms with Crippen molar-refractivity contribution in [2.45, 2.75) is 26.9 Å². The number of nitrogens with one attached hydrogen (secondary N) is 2. The summed E-state index contributed by atoms with van der Waals surface area (Å²) in [6, 6.07) is 8.13. The highest BCUT2D eigenvalue weighted by molar-refractivity contribution is 14.0. The lowest BCUT2D eigenvalue weighted by Gasteiger charge is -2.10. The number of hydrogen-bond acceptors (Lipinski definition) is 3. The van der Waals surface area contributed by atoms with Crippen molar-refractivity contribution < 1.29 is 13.6 Å². The van der Waals surface area contributed by atoms with E-state index in [9.17, 15) is 9.18 Å². The van der Waals surface area contributed by atoms with Crippen LogP contribution < -0.4 is 16.4 Å². The van der Waals surface area contributed by atoms with Crippen molar-refractivity contribution >= 4 is 35.8 Å². The predicted octanol–water partition coefficient (Wildman–Crippen LogP) is 2.70. The van der Waals surface area contributed by atoms with E-state index in [2.05, 4.69) is 15.6 Å². The van der Waals surface area contributed by atoms with Gasteiger partial charge in [-0.15, -0.1) is 24.0 Å². The molecule has 1 heterocycles. The first-order chi connectivity index (χ1) is 11.5. The van der Waals surface area contributed by atoms with Gasteiger partial charge in [0, 0.05) is 6.54 Å². The molecular weight excluding hydrogens is 438 g/mol. The smallest absolute Gasteiger partial charge is 0.284 e. The van der Waals surface area contributed by atoms with Gasteiger partial charge in [0.15, 0.2) is 11.7 Å². The number of aryl methyl sites for hydroxylation is 1. The fourth-order valence-electron chi connectivity index (χ4n) is 2.09. The van der Waals surface area contributed by atoms with E-state index in [1.54, 1.807) is 25.1 Å². The van der Waals surface area contributed by atoms with Crippen LogP contribution in [-0.2, 0) is 13.1 Å². The van der Waals surface area contributed by atoms with Crippen molar-refractivity contribution in [2.24, 2.45) is 10.7 Å². The molecule has 6 nitrogen and oxygen atoms in total. The molecule has 0 bridgehead atoms. The van der Waals surface area contributed by atoms with Crippen LogP contribution in [0.4, 0.5) is 4.39 Å². The Morgan fingerprint density at radius 1 is 1.28 bits per heavy atom.